The molecule has 1 heterocycles. The number of ether oxygens (including phenoxy) is 1. The molecule has 0 aliphatic rings. The fraction of sp³-hybridized carbons (Fsp3) is 0.136. The van der Waals surface area contributed by atoms with Gasteiger partial charge in [-0.1, -0.05) is 42.5 Å². The number of para-hydroxylation sites is 1. The van der Waals surface area contributed by atoms with E-state index in [0.29, 0.717) is 17.4 Å². The van der Waals surface area contributed by atoms with Crippen molar-refractivity contribution in [1.82, 2.24) is 15.1 Å². The van der Waals surface area contributed by atoms with Crippen LogP contribution >= 0.6 is 0 Å². The molecule has 0 saturated heterocycles. The maximum atomic E-state index is 12.6. The zero-order valence-corrected chi connectivity index (χ0v) is 15.4. The van der Waals surface area contributed by atoms with Crippen molar-refractivity contribution in [2.75, 3.05) is 7.11 Å². The first kappa shape index (κ1) is 17.7. The summed E-state index contributed by atoms with van der Waals surface area (Å²) < 4.78 is 7.01. The lowest BCUT2D eigenvalue weighted by molar-refractivity contribution is -0.121. The van der Waals surface area contributed by atoms with Crippen LogP contribution in [0.3, 0.4) is 0 Å². The molecule has 1 amide bonds. The van der Waals surface area contributed by atoms with Crippen molar-refractivity contribution in [1.29, 1.82) is 0 Å². The van der Waals surface area contributed by atoms with Gasteiger partial charge in [0.25, 0.3) is 0 Å². The molecule has 4 aromatic rings. The quantitative estimate of drug-likeness (QED) is 0.584. The number of benzene rings is 3. The Hall–Kier alpha value is -3.67. The fourth-order valence-corrected chi connectivity index (χ4v) is 3.36. The zero-order valence-electron chi connectivity index (χ0n) is 15.4. The van der Waals surface area contributed by atoms with Gasteiger partial charge in [0.2, 0.25) is 11.3 Å². The number of hydrogen-bond acceptors (Lipinski definition) is 4. The predicted octanol–water partition coefficient (Wildman–Crippen LogP) is 2.87. The second-order valence-corrected chi connectivity index (χ2v) is 6.43. The number of carbonyl (C=O) groups excluding carboxylic acids is 1. The van der Waals surface area contributed by atoms with Gasteiger partial charge in [0, 0.05) is 17.5 Å². The van der Waals surface area contributed by atoms with Crippen molar-refractivity contribution in [2.45, 2.75) is 13.1 Å². The second-order valence-electron chi connectivity index (χ2n) is 6.43. The summed E-state index contributed by atoms with van der Waals surface area (Å²) in [6, 6.07) is 19.0. The van der Waals surface area contributed by atoms with Crippen molar-refractivity contribution < 1.29 is 9.53 Å². The second kappa shape index (κ2) is 7.52. The molecule has 0 bridgehead atoms. The van der Waals surface area contributed by atoms with Crippen LogP contribution in [0.25, 0.3) is 21.7 Å². The van der Waals surface area contributed by atoms with Crippen molar-refractivity contribution in [2.24, 2.45) is 0 Å². The molecule has 0 spiro atoms. The van der Waals surface area contributed by atoms with Gasteiger partial charge in [-0.15, -0.1) is 0 Å². The highest BCUT2D eigenvalue weighted by atomic mass is 16.5. The molecule has 0 aliphatic carbocycles. The normalized spacial score (nSPS) is 10.9. The van der Waals surface area contributed by atoms with Crippen LogP contribution in [0.15, 0.2) is 71.7 Å². The smallest absolute Gasteiger partial charge is 0.242 e. The van der Waals surface area contributed by atoms with Crippen LogP contribution in [-0.2, 0) is 17.9 Å². The first-order valence-corrected chi connectivity index (χ1v) is 8.93. The van der Waals surface area contributed by atoms with Crippen molar-refractivity contribution in [3.63, 3.8) is 0 Å². The standard InChI is InChI=1S/C22H19N3O3/c1-28-21-11-10-15-6-2-3-7-16(15)18(21)12-23-22(27)14-25-19-9-5-4-8-17(19)20(26)13-24-25/h2-11,13H,12,14H2,1H3,(H,23,27). The molecule has 0 saturated carbocycles. The van der Waals surface area contributed by atoms with Crippen molar-refractivity contribution >= 4 is 27.6 Å². The summed E-state index contributed by atoms with van der Waals surface area (Å²) in [5, 5.41) is 9.70. The Kier molecular flexibility index (Phi) is 4.76. The van der Waals surface area contributed by atoms with E-state index in [-0.39, 0.29) is 17.9 Å². The monoisotopic (exact) mass is 373 g/mol. The van der Waals surface area contributed by atoms with Crippen LogP contribution in [0, 0.1) is 0 Å². The minimum Gasteiger partial charge on any atom is -0.496 e. The Morgan fingerprint density at radius 3 is 2.61 bits per heavy atom. The van der Waals surface area contributed by atoms with E-state index in [0.717, 1.165) is 22.1 Å². The largest absolute Gasteiger partial charge is 0.496 e. The van der Waals surface area contributed by atoms with E-state index in [2.05, 4.69) is 10.4 Å². The summed E-state index contributed by atoms with van der Waals surface area (Å²) in [6.45, 7) is 0.357. The Balaban J connectivity index is 1.57. The molecule has 140 valence electrons. The number of amides is 1. The molecule has 0 unspecified atom stereocenters. The highest BCUT2D eigenvalue weighted by molar-refractivity contribution is 5.88. The van der Waals surface area contributed by atoms with E-state index >= 15 is 0 Å². The van der Waals surface area contributed by atoms with E-state index in [1.54, 1.807) is 25.3 Å². The Labute approximate surface area is 161 Å². The summed E-state index contributed by atoms with van der Waals surface area (Å²) in [7, 11) is 1.62. The third-order valence-electron chi connectivity index (χ3n) is 4.74. The highest BCUT2D eigenvalue weighted by Gasteiger charge is 2.11. The number of nitrogens with zero attached hydrogens (tertiary/aromatic N) is 2. The van der Waals surface area contributed by atoms with Crippen molar-refractivity contribution in [3.8, 4) is 5.75 Å². The number of fused-ring (bicyclic) bond motifs is 2. The molecular formula is C22H19N3O3. The van der Waals surface area contributed by atoms with E-state index in [9.17, 15) is 9.59 Å². The molecule has 0 aliphatic heterocycles. The molecule has 6 heteroatoms. The summed E-state index contributed by atoms with van der Waals surface area (Å²) in [5.41, 5.74) is 1.40. The van der Waals surface area contributed by atoms with Gasteiger partial charge in [0.1, 0.15) is 12.3 Å². The summed E-state index contributed by atoms with van der Waals surface area (Å²) in [4.78, 5) is 24.5. The van der Waals surface area contributed by atoms with E-state index in [4.69, 9.17) is 4.74 Å². The molecule has 0 atom stereocenters. The van der Waals surface area contributed by atoms with Crippen molar-refractivity contribution in [3.05, 3.63) is 82.6 Å². The number of aromatic nitrogens is 2. The lowest BCUT2D eigenvalue weighted by Crippen LogP contribution is -2.29. The molecule has 0 fully saturated rings. The number of nitrogens with one attached hydrogen (secondary N) is 1. The summed E-state index contributed by atoms with van der Waals surface area (Å²) in [6.07, 6.45) is 1.24. The van der Waals surface area contributed by atoms with Crippen LogP contribution in [0.4, 0.5) is 0 Å². The van der Waals surface area contributed by atoms with E-state index < -0.39 is 0 Å². The predicted molar refractivity (Wildman–Crippen MR) is 108 cm³/mol. The minimum absolute atomic E-state index is 0.0217. The third kappa shape index (κ3) is 3.32. The number of carbonyl (C=O) groups is 1. The van der Waals surface area contributed by atoms with Crippen LogP contribution < -0.4 is 15.5 Å². The van der Waals surface area contributed by atoms with Gasteiger partial charge in [0.15, 0.2) is 0 Å². The molecule has 3 aromatic carbocycles. The van der Waals surface area contributed by atoms with E-state index in [1.165, 1.54) is 10.9 Å². The Bertz CT molecular complexity index is 1230. The SMILES string of the molecule is COc1ccc2ccccc2c1CNC(=O)Cn1ncc(=O)c2ccccc21. The molecular weight excluding hydrogens is 354 g/mol. The Morgan fingerprint density at radius 1 is 1.04 bits per heavy atom. The minimum atomic E-state index is -0.198. The summed E-state index contributed by atoms with van der Waals surface area (Å²) in [5.74, 6) is 0.530. The lowest BCUT2D eigenvalue weighted by atomic mass is 10.0. The fourth-order valence-electron chi connectivity index (χ4n) is 3.36. The first-order valence-electron chi connectivity index (χ1n) is 8.93. The van der Waals surface area contributed by atoms with Crippen LogP contribution in [0.2, 0.25) is 0 Å². The topological polar surface area (TPSA) is 73.2 Å². The molecule has 0 radical (unpaired) electrons. The average molecular weight is 373 g/mol. The van der Waals surface area contributed by atoms with Gasteiger partial charge >= 0.3 is 0 Å². The third-order valence-corrected chi connectivity index (χ3v) is 4.74. The van der Waals surface area contributed by atoms with Crippen LogP contribution in [0.5, 0.6) is 5.75 Å². The van der Waals surface area contributed by atoms with Crippen LogP contribution in [-0.4, -0.2) is 22.8 Å². The zero-order chi connectivity index (χ0) is 19.5. The van der Waals surface area contributed by atoms with E-state index in [1.807, 2.05) is 42.5 Å². The molecule has 1 N–H and O–H groups in total. The molecule has 28 heavy (non-hydrogen) atoms. The van der Waals surface area contributed by atoms with Gasteiger partial charge in [-0.2, -0.15) is 5.10 Å². The van der Waals surface area contributed by atoms with Gasteiger partial charge in [-0.05, 0) is 29.0 Å². The highest BCUT2D eigenvalue weighted by Crippen LogP contribution is 2.27. The van der Waals surface area contributed by atoms with Gasteiger partial charge in [-0.3, -0.25) is 14.3 Å². The first-order chi connectivity index (χ1) is 13.7. The number of rotatable bonds is 5. The molecule has 1 aromatic heterocycles. The van der Waals surface area contributed by atoms with Gasteiger partial charge in [-0.25, -0.2) is 0 Å². The average Bonchev–Trinajstić information content (AvgIpc) is 2.74. The number of methoxy groups -OCH3 is 1. The molecule has 4 rings (SSSR count). The van der Waals surface area contributed by atoms with Gasteiger partial charge in [0.05, 0.1) is 18.8 Å². The maximum absolute atomic E-state index is 12.6. The summed E-state index contributed by atoms with van der Waals surface area (Å²) >= 11 is 0. The molecule has 6 nitrogen and oxygen atoms in total. The maximum Gasteiger partial charge on any atom is 0.242 e. The lowest BCUT2D eigenvalue weighted by Gasteiger charge is -2.14. The van der Waals surface area contributed by atoms with Crippen LogP contribution in [0.1, 0.15) is 5.56 Å². The Morgan fingerprint density at radius 2 is 1.79 bits per heavy atom. The van der Waals surface area contributed by atoms with Gasteiger partial charge < -0.3 is 10.1 Å². The number of hydrogen-bond donors (Lipinski definition) is 1.